The molecule has 0 fully saturated rings. The van der Waals surface area contributed by atoms with Crippen LogP contribution in [-0.2, 0) is 4.79 Å². The molecule has 0 bridgehead atoms. The van der Waals surface area contributed by atoms with Crippen LogP contribution in [0.15, 0.2) is 42.5 Å². The number of aryl methyl sites for hydroxylation is 1. The average molecular weight is 396 g/mol. The fourth-order valence-electron chi connectivity index (χ4n) is 1.80. The maximum absolute atomic E-state index is 11.9. The number of carbonyl (C=O) groups is 1. The second-order valence-corrected chi connectivity index (χ2v) is 5.81. The zero-order valence-corrected chi connectivity index (χ0v) is 13.9. The first kappa shape index (κ1) is 15.6. The van der Waals surface area contributed by atoms with Crippen LogP contribution >= 0.6 is 22.6 Å². The molecule has 0 heterocycles. The molecule has 0 aliphatic rings. The van der Waals surface area contributed by atoms with Gasteiger partial charge in [0.1, 0.15) is 5.75 Å². The van der Waals surface area contributed by atoms with Crippen LogP contribution in [0.2, 0.25) is 0 Å². The van der Waals surface area contributed by atoms with Gasteiger partial charge in [-0.3, -0.25) is 4.79 Å². The number of para-hydroxylation sites is 1. The SMILES string of the molecule is Cc1ccc(N)cc1NC(=O)CCOc1ccccc1I. The highest BCUT2D eigenvalue weighted by Crippen LogP contribution is 2.20. The van der Waals surface area contributed by atoms with Crippen molar-refractivity contribution in [3.8, 4) is 5.75 Å². The van der Waals surface area contributed by atoms with Crippen molar-refractivity contribution in [1.29, 1.82) is 0 Å². The Morgan fingerprint density at radius 1 is 1.29 bits per heavy atom. The number of halogens is 1. The number of rotatable bonds is 5. The molecule has 0 saturated carbocycles. The van der Waals surface area contributed by atoms with Gasteiger partial charge >= 0.3 is 0 Å². The lowest BCUT2D eigenvalue weighted by molar-refractivity contribution is -0.116. The fourth-order valence-corrected chi connectivity index (χ4v) is 2.35. The van der Waals surface area contributed by atoms with Gasteiger partial charge in [-0.05, 0) is 59.3 Å². The van der Waals surface area contributed by atoms with Crippen molar-refractivity contribution < 1.29 is 9.53 Å². The predicted molar refractivity (Wildman–Crippen MR) is 93.5 cm³/mol. The molecule has 0 unspecified atom stereocenters. The Kier molecular flexibility index (Phi) is 5.44. The van der Waals surface area contributed by atoms with Crippen LogP contribution in [0.4, 0.5) is 11.4 Å². The van der Waals surface area contributed by atoms with Crippen LogP contribution in [0, 0.1) is 10.5 Å². The van der Waals surface area contributed by atoms with Gasteiger partial charge in [-0.25, -0.2) is 0 Å². The highest BCUT2D eigenvalue weighted by molar-refractivity contribution is 14.1. The number of carbonyl (C=O) groups excluding carboxylic acids is 1. The van der Waals surface area contributed by atoms with Crippen LogP contribution in [0.5, 0.6) is 5.75 Å². The van der Waals surface area contributed by atoms with Crippen molar-refractivity contribution in [2.75, 3.05) is 17.7 Å². The van der Waals surface area contributed by atoms with E-state index < -0.39 is 0 Å². The summed E-state index contributed by atoms with van der Waals surface area (Å²) in [6, 6.07) is 13.2. The second kappa shape index (κ2) is 7.31. The summed E-state index contributed by atoms with van der Waals surface area (Å²) in [6.07, 6.45) is 0.291. The maximum Gasteiger partial charge on any atom is 0.227 e. The smallest absolute Gasteiger partial charge is 0.227 e. The van der Waals surface area contributed by atoms with E-state index in [2.05, 4.69) is 27.9 Å². The number of amides is 1. The normalized spacial score (nSPS) is 10.2. The largest absolute Gasteiger partial charge is 0.492 e. The van der Waals surface area contributed by atoms with E-state index in [1.165, 1.54) is 0 Å². The van der Waals surface area contributed by atoms with Crippen LogP contribution in [0.3, 0.4) is 0 Å². The number of nitrogens with one attached hydrogen (secondary N) is 1. The predicted octanol–water partition coefficient (Wildman–Crippen LogP) is 3.59. The molecule has 3 N–H and O–H groups in total. The molecule has 0 aliphatic carbocycles. The highest BCUT2D eigenvalue weighted by atomic mass is 127. The molecular formula is C16H17IN2O2. The molecule has 0 radical (unpaired) electrons. The Labute approximate surface area is 137 Å². The molecule has 2 aromatic carbocycles. The third-order valence-corrected chi connectivity index (χ3v) is 3.85. The maximum atomic E-state index is 11.9. The van der Waals surface area contributed by atoms with Gasteiger partial charge < -0.3 is 15.8 Å². The minimum Gasteiger partial charge on any atom is -0.492 e. The molecule has 0 aromatic heterocycles. The number of nitrogens with two attached hydrogens (primary N) is 1. The molecule has 0 saturated heterocycles. The Morgan fingerprint density at radius 2 is 2.05 bits per heavy atom. The third kappa shape index (κ3) is 4.63. The number of hydrogen-bond donors (Lipinski definition) is 2. The first-order chi connectivity index (χ1) is 10.1. The van der Waals surface area contributed by atoms with E-state index >= 15 is 0 Å². The van der Waals surface area contributed by atoms with Crippen molar-refractivity contribution >= 4 is 39.9 Å². The number of benzene rings is 2. The topological polar surface area (TPSA) is 64.3 Å². The van der Waals surface area contributed by atoms with Gasteiger partial charge in [-0.2, -0.15) is 0 Å². The summed E-state index contributed by atoms with van der Waals surface area (Å²) in [6.45, 7) is 2.27. The van der Waals surface area contributed by atoms with Crippen LogP contribution in [-0.4, -0.2) is 12.5 Å². The van der Waals surface area contributed by atoms with Gasteiger partial charge in [0, 0.05) is 11.4 Å². The molecule has 21 heavy (non-hydrogen) atoms. The fraction of sp³-hybridized carbons (Fsp3) is 0.188. The van der Waals surface area contributed by atoms with Crippen molar-refractivity contribution in [2.45, 2.75) is 13.3 Å². The minimum absolute atomic E-state index is 0.0883. The Morgan fingerprint density at radius 3 is 2.81 bits per heavy atom. The Bertz CT molecular complexity index is 644. The lowest BCUT2D eigenvalue weighted by atomic mass is 10.2. The highest BCUT2D eigenvalue weighted by Gasteiger charge is 2.06. The minimum atomic E-state index is -0.0883. The first-order valence-corrected chi connectivity index (χ1v) is 7.67. The molecule has 2 rings (SSSR count). The van der Waals surface area contributed by atoms with E-state index in [9.17, 15) is 4.79 Å². The number of anilines is 2. The summed E-state index contributed by atoms with van der Waals surface area (Å²) in [5.41, 5.74) is 8.08. The lowest BCUT2D eigenvalue weighted by Crippen LogP contribution is -2.16. The summed E-state index contributed by atoms with van der Waals surface area (Å²) in [4.78, 5) is 11.9. The summed E-state index contributed by atoms with van der Waals surface area (Å²) >= 11 is 2.20. The van der Waals surface area contributed by atoms with Gasteiger partial charge in [0.25, 0.3) is 0 Å². The van der Waals surface area contributed by atoms with E-state index in [1.807, 2.05) is 43.3 Å². The Balaban J connectivity index is 1.85. The van der Waals surface area contributed by atoms with Gasteiger partial charge in [-0.15, -0.1) is 0 Å². The standard InChI is InChI=1S/C16H17IN2O2/c1-11-6-7-12(18)10-14(11)19-16(20)8-9-21-15-5-3-2-4-13(15)17/h2-7,10H,8-9,18H2,1H3,(H,19,20). The summed E-state index contributed by atoms with van der Waals surface area (Å²) < 4.78 is 6.64. The molecule has 0 aliphatic heterocycles. The average Bonchev–Trinajstić information content (AvgIpc) is 2.45. The number of nitrogen functional groups attached to an aromatic ring is 1. The molecule has 2 aromatic rings. The summed E-state index contributed by atoms with van der Waals surface area (Å²) in [5.74, 6) is 0.709. The van der Waals surface area contributed by atoms with E-state index in [1.54, 1.807) is 6.07 Å². The van der Waals surface area contributed by atoms with Gasteiger partial charge in [-0.1, -0.05) is 18.2 Å². The zero-order valence-electron chi connectivity index (χ0n) is 11.7. The lowest BCUT2D eigenvalue weighted by Gasteiger charge is -2.10. The van der Waals surface area contributed by atoms with Crippen molar-refractivity contribution in [3.05, 3.63) is 51.6 Å². The second-order valence-electron chi connectivity index (χ2n) is 4.65. The quantitative estimate of drug-likeness (QED) is 0.600. The molecule has 4 nitrogen and oxygen atoms in total. The third-order valence-electron chi connectivity index (χ3n) is 2.96. The molecule has 0 atom stereocenters. The first-order valence-electron chi connectivity index (χ1n) is 6.59. The van der Waals surface area contributed by atoms with Crippen molar-refractivity contribution in [1.82, 2.24) is 0 Å². The number of hydrogen-bond acceptors (Lipinski definition) is 3. The zero-order chi connectivity index (χ0) is 15.2. The van der Waals surface area contributed by atoms with Crippen molar-refractivity contribution in [2.24, 2.45) is 0 Å². The molecule has 5 heteroatoms. The molecule has 0 spiro atoms. The van der Waals surface area contributed by atoms with Crippen LogP contribution < -0.4 is 15.8 Å². The van der Waals surface area contributed by atoms with Gasteiger partial charge in [0.2, 0.25) is 5.91 Å². The van der Waals surface area contributed by atoms with Crippen LogP contribution in [0.25, 0.3) is 0 Å². The van der Waals surface area contributed by atoms with Gasteiger partial charge in [0.05, 0.1) is 16.6 Å². The van der Waals surface area contributed by atoms with E-state index in [0.29, 0.717) is 18.7 Å². The van der Waals surface area contributed by atoms with E-state index in [4.69, 9.17) is 10.5 Å². The number of ether oxygens (including phenoxy) is 1. The Hall–Kier alpha value is -1.76. The monoisotopic (exact) mass is 396 g/mol. The van der Waals surface area contributed by atoms with Crippen molar-refractivity contribution in [3.63, 3.8) is 0 Å². The molecular weight excluding hydrogens is 379 g/mol. The summed E-state index contributed by atoms with van der Waals surface area (Å²) in [5, 5.41) is 2.85. The molecule has 110 valence electrons. The molecule has 1 amide bonds. The van der Waals surface area contributed by atoms with E-state index in [-0.39, 0.29) is 5.91 Å². The summed E-state index contributed by atoms with van der Waals surface area (Å²) in [7, 11) is 0. The van der Waals surface area contributed by atoms with Gasteiger partial charge in [0.15, 0.2) is 0 Å². The van der Waals surface area contributed by atoms with Crippen LogP contribution in [0.1, 0.15) is 12.0 Å². The van der Waals surface area contributed by atoms with E-state index in [0.717, 1.165) is 20.6 Å².